The van der Waals surface area contributed by atoms with Crippen LogP contribution in [0.2, 0.25) is 0 Å². The first kappa shape index (κ1) is 8.53. The molecule has 0 aliphatic carbocycles. The summed E-state index contributed by atoms with van der Waals surface area (Å²) in [5, 5.41) is 8.87. The van der Waals surface area contributed by atoms with Gasteiger partial charge in [-0.15, -0.1) is 0 Å². The Balaban J connectivity index is 2.49. The summed E-state index contributed by atoms with van der Waals surface area (Å²) in [6.45, 7) is 4.41. The first-order valence-electron chi connectivity index (χ1n) is 3.99. The number of amides is 1. The maximum Gasteiger partial charge on any atom is 0.222 e. The fourth-order valence-corrected chi connectivity index (χ4v) is 1.50. The third-order valence-electron chi connectivity index (χ3n) is 2.12. The van der Waals surface area contributed by atoms with Gasteiger partial charge in [0.2, 0.25) is 5.91 Å². The van der Waals surface area contributed by atoms with Gasteiger partial charge in [-0.2, -0.15) is 0 Å². The van der Waals surface area contributed by atoms with Crippen LogP contribution in [0.5, 0.6) is 0 Å². The molecule has 0 aromatic rings. The number of carbonyl (C=O) groups excluding carboxylic acids is 1. The molecular weight excluding hydrogens is 142 g/mol. The van der Waals surface area contributed by atoms with Crippen molar-refractivity contribution in [1.82, 2.24) is 4.90 Å². The molecule has 1 unspecified atom stereocenters. The molecule has 3 nitrogen and oxygen atoms in total. The van der Waals surface area contributed by atoms with Gasteiger partial charge in [0, 0.05) is 13.0 Å². The molecule has 1 fully saturated rings. The molecule has 11 heavy (non-hydrogen) atoms. The van der Waals surface area contributed by atoms with E-state index >= 15 is 0 Å². The molecule has 0 spiro atoms. The van der Waals surface area contributed by atoms with Crippen molar-refractivity contribution < 1.29 is 9.90 Å². The van der Waals surface area contributed by atoms with Crippen LogP contribution in [-0.2, 0) is 4.79 Å². The average Bonchev–Trinajstić information content (AvgIpc) is 2.50. The van der Waals surface area contributed by atoms with Crippen molar-refractivity contribution in [3.63, 3.8) is 0 Å². The molecule has 1 aliphatic heterocycles. The normalized spacial score (nSPS) is 24.2. The Labute approximate surface area is 67.0 Å². The van der Waals surface area contributed by atoms with Crippen molar-refractivity contribution >= 4 is 5.91 Å². The number of hydrogen-bond acceptors (Lipinski definition) is 2. The summed E-state index contributed by atoms with van der Waals surface area (Å²) in [5.74, 6) is 0.0570. The Morgan fingerprint density at radius 3 is 3.00 bits per heavy atom. The quantitative estimate of drug-likeness (QED) is 0.620. The lowest BCUT2D eigenvalue weighted by molar-refractivity contribution is -0.131. The minimum absolute atomic E-state index is 0.0570. The topological polar surface area (TPSA) is 40.5 Å². The molecule has 1 radical (unpaired) electrons. The number of rotatable bonds is 2. The van der Waals surface area contributed by atoms with Gasteiger partial charge in [-0.3, -0.25) is 4.79 Å². The molecule has 1 aliphatic rings. The average molecular weight is 156 g/mol. The van der Waals surface area contributed by atoms with E-state index in [1.165, 1.54) is 0 Å². The summed E-state index contributed by atoms with van der Waals surface area (Å²) < 4.78 is 0. The standard InChI is InChI=1S/C8H14NO2/c1-2-8(11)9-5-3-4-7(9)6-10/h7,10H,1-6H2. The summed E-state index contributed by atoms with van der Waals surface area (Å²) in [6, 6.07) is 0.0595. The van der Waals surface area contributed by atoms with E-state index in [4.69, 9.17) is 5.11 Å². The Kier molecular flexibility index (Phi) is 2.88. The van der Waals surface area contributed by atoms with E-state index in [9.17, 15) is 4.79 Å². The SMILES string of the molecule is [CH2]CC(=O)N1CCCC1CO. The number of carbonyl (C=O) groups is 1. The minimum Gasteiger partial charge on any atom is -0.394 e. The van der Waals surface area contributed by atoms with E-state index < -0.39 is 0 Å². The van der Waals surface area contributed by atoms with Gasteiger partial charge < -0.3 is 10.0 Å². The summed E-state index contributed by atoms with van der Waals surface area (Å²) >= 11 is 0. The minimum atomic E-state index is 0.0570. The highest BCUT2D eigenvalue weighted by Crippen LogP contribution is 2.16. The summed E-state index contributed by atoms with van der Waals surface area (Å²) in [7, 11) is 0. The second-order valence-corrected chi connectivity index (χ2v) is 2.82. The molecule has 3 heteroatoms. The van der Waals surface area contributed by atoms with E-state index in [1.807, 2.05) is 0 Å². The molecule has 63 valence electrons. The summed E-state index contributed by atoms with van der Waals surface area (Å²) in [4.78, 5) is 12.9. The molecule has 1 atom stereocenters. The monoisotopic (exact) mass is 156 g/mol. The fraction of sp³-hybridized carbons (Fsp3) is 0.750. The van der Waals surface area contributed by atoms with Crippen LogP contribution >= 0.6 is 0 Å². The van der Waals surface area contributed by atoms with Gasteiger partial charge in [0.1, 0.15) is 0 Å². The zero-order chi connectivity index (χ0) is 8.27. The fourth-order valence-electron chi connectivity index (χ4n) is 1.50. The van der Waals surface area contributed by atoms with Gasteiger partial charge >= 0.3 is 0 Å². The lowest BCUT2D eigenvalue weighted by atomic mass is 10.2. The van der Waals surface area contributed by atoms with Gasteiger partial charge in [-0.25, -0.2) is 0 Å². The van der Waals surface area contributed by atoms with Gasteiger partial charge in [0.15, 0.2) is 0 Å². The molecule has 1 N–H and O–H groups in total. The van der Waals surface area contributed by atoms with Crippen LogP contribution in [-0.4, -0.2) is 35.1 Å². The van der Waals surface area contributed by atoms with Crippen LogP contribution in [0.1, 0.15) is 19.3 Å². The van der Waals surface area contributed by atoms with Crippen LogP contribution in [0.4, 0.5) is 0 Å². The number of aliphatic hydroxyl groups excluding tert-OH is 1. The van der Waals surface area contributed by atoms with Crippen molar-refractivity contribution in [1.29, 1.82) is 0 Å². The van der Waals surface area contributed by atoms with Crippen LogP contribution in [0.15, 0.2) is 0 Å². The maximum atomic E-state index is 11.1. The Morgan fingerprint density at radius 2 is 2.45 bits per heavy atom. The van der Waals surface area contributed by atoms with Crippen molar-refractivity contribution in [2.45, 2.75) is 25.3 Å². The van der Waals surface area contributed by atoms with Crippen LogP contribution in [0.25, 0.3) is 0 Å². The molecular formula is C8H14NO2. The van der Waals surface area contributed by atoms with E-state index in [1.54, 1.807) is 4.90 Å². The Morgan fingerprint density at radius 1 is 1.73 bits per heavy atom. The third kappa shape index (κ3) is 1.71. The molecule has 1 saturated heterocycles. The van der Waals surface area contributed by atoms with Crippen LogP contribution < -0.4 is 0 Å². The molecule has 1 heterocycles. The Hall–Kier alpha value is -0.570. The summed E-state index contributed by atoms with van der Waals surface area (Å²) in [5.41, 5.74) is 0. The van der Waals surface area contributed by atoms with Crippen LogP contribution in [0, 0.1) is 6.92 Å². The zero-order valence-corrected chi connectivity index (χ0v) is 6.62. The highest BCUT2D eigenvalue weighted by Gasteiger charge is 2.26. The molecule has 0 aromatic carbocycles. The van der Waals surface area contributed by atoms with Crippen molar-refractivity contribution in [3.05, 3.63) is 6.92 Å². The second-order valence-electron chi connectivity index (χ2n) is 2.82. The van der Waals surface area contributed by atoms with Crippen molar-refractivity contribution in [2.24, 2.45) is 0 Å². The predicted molar refractivity (Wildman–Crippen MR) is 41.8 cm³/mol. The highest BCUT2D eigenvalue weighted by molar-refractivity contribution is 5.77. The smallest absolute Gasteiger partial charge is 0.222 e. The Bertz CT molecular complexity index is 147. The summed E-state index contributed by atoms with van der Waals surface area (Å²) in [6.07, 6.45) is 2.25. The highest BCUT2D eigenvalue weighted by atomic mass is 16.3. The van der Waals surface area contributed by atoms with Crippen LogP contribution in [0.3, 0.4) is 0 Å². The lowest BCUT2D eigenvalue weighted by Gasteiger charge is -2.21. The first-order chi connectivity index (χ1) is 5.29. The molecule has 0 aromatic heterocycles. The maximum absolute atomic E-state index is 11.1. The van der Waals surface area contributed by atoms with Gasteiger partial charge in [-0.05, 0) is 19.8 Å². The molecule has 1 amide bonds. The third-order valence-corrected chi connectivity index (χ3v) is 2.12. The van der Waals surface area contributed by atoms with E-state index in [-0.39, 0.29) is 18.6 Å². The first-order valence-corrected chi connectivity index (χ1v) is 3.99. The van der Waals surface area contributed by atoms with Gasteiger partial charge in [-0.1, -0.05) is 0 Å². The molecule has 0 saturated carbocycles. The van der Waals surface area contributed by atoms with E-state index in [2.05, 4.69) is 6.92 Å². The predicted octanol–water partition coefficient (Wildman–Crippen LogP) is 0.194. The van der Waals surface area contributed by atoms with Gasteiger partial charge in [0.05, 0.1) is 12.6 Å². The number of aliphatic hydroxyl groups is 1. The second kappa shape index (κ2) is 3.72. The number of nitrogens with zero attached hydrogens (tertiary/aromatic N) is 1. The van der Waals surface area contributed by atoms with Crippen molar-refractivity contribution in [3.8, 4) is 0 Å². The zero-order valence-electron chi connectivity index (χ0n) is 6.62. The van der Waals surface area contributed by atoms with Crippen molar-refractivity contribution in [2.75, 3.05) is 13.2 Å². The van der Waals surface area contributed by atoms with E-state index in [0.717, 1.165) is 19.4 Å². The lowest BCUT2D eigenvalue weighted by Crippen LogP contribution is -2.37. The van der Waals surface area contributed by atoms with Gasteiger partial charge in [0.25, 0.3) is 0 Å². The largest absolute Gasteiger partial charge is 0.394 e. The number of likely N-dealkylation sites (tertiary alicyclic amines) is 1. The molecule has 0 bridgehead atoms. The molecule has 1 rings (SSSR count). The van der Waals surface area contributed by atoms with E-state index in [0.29, 0.717) is 6.42 Å². The number of hydrogen-bond donors (Lipinski definition) is 1.